The highest BCUT2D eigenvalue weighted by Gasteiger charge is 2.36. The van der Waals surface area contributed by atoms with Crippen LogP contribution in [0.1, 0.15) is 38.9 Å². The number of aryl methyl sites for hydroxylation is 1. The number of anilines is 1. The molecule has 158 valence electrons. The normalized spacial score (nSPS) is 13.4. The Morgan fingerprint density at radius 2 is 1.68 bits per heavy atom. The van der Waals surface area contributed by atoms with Gasteiger partial charge in [-0.15, -0.1) is 0 Å². The van der Waals surface area contributed by atoms with Crippen LogP contribution in [-0.2, 0) is 22.9 Å². The topological polar surface area (TPSA) is 96.4 Å². The molecule has 3 aromatic rings. The zero-order valence-corrected chi connectivity index (χ0v) is 17.7. The molecule has 0 saturated carbocycles. The van der Waals surface area contributed by atoms with Gasteiger partial charge in [-0.05, 0) is 54.3 Å². The Morgan fingerprint density at radius 1 is 0.935 bits per heavy atom. The number of imide groups is 1. The summed E-state index contributed by atoms with van der Waals surface area (Å²) in [4.78, 5) is 30.1. The number of carbonyl (C=O) groups excluding carboxylic acids is 2. The average molecular weight is 436 g/mol. The first kappa shape index (κ1) is 20.7. The second kappa shape index (κ2) is 8.31. The molecule has 2 aromatic carbocycles. The molecular formula is C23H21N3O4S. The van der Waals surface area contributed by atoms with Crippen molar-refractivity contribution in [3.05, 3.63) is 89.2 Å². The van der Waals surface area contributed by atoms with Crippen LogP contribution in [0.25, 0.3) is 0 Å². The number of benzene rings is 2. The lowest BCUT2D eigenvalue weighted by Crippen LogP contribution is -2.31. The Bertz CT molecular complexity index is 1220. The number of pyridine rings is 1. The second-order valence-electron chi connectivity index (χ2n) is 7.17. The number of nitrogens with zero attached hydrogens (tertiary/aromatic N) is 2. The summed E-state index contributed by atoms with van der Waals surface area (Å²) in [5.41, 5.74) is 2.78. The molecule has 4 rings (SSSR count). The van der Waals surface area contributed by atoms with Gasteiger partial charge in [-0.3, -0.25) is 24.2 Å². The fraction of sp³-hybridized carbons (Fsp3) is 0.174. The van der Waals surface area contributed by atoms with E-state index in [9.17, 15) is 18.0 Å². The number of amides is 2. The van der Waals surface area contributed by atoms with Crippen molar-refractivity contribution in [1.82, 2.24) is 9.88 Å². The molecule has 0 aliphatic carbocycles. The highest BCUT2D eigenvalue weighted by Crippen LogP contribution is 2.23. The number of fused-ring (bicyclic) bond motifs is 1. The summed E-state index contributed by atoms with van der Waals surface area (Å²) in [6, 6.07) is 16.9. The number of para-hydroxylation sites is 1. The van der Waals surface area contributed by atoms with Crippen molar-refractivity contribution >= 4 is 27.5 Å². The summed E-state index contributed by atoms with van der Waals surface area (Å²) >= 11 is 0. The molecule has 8 heteroatoms. The molecular weight excluding hydrogens is 414 g/mol. The fourth-order valence-electron chi connectivity index (χ4n) is 3.52. The third kappa shape index (κ3) is 4.06. The van der Waals surface area contributed by atoms with Crippen LogP contribution in [0.5, 0.6) is 0 Å². The molecule has 0 unspecified atom stereocenters. The van der Waals surface area contributed by atoms with Crippen LogP contribution < -0.4 is 4.72 Å². The van der Waals surface area contributed by atoms with Crippen molar-refractivity contribution in [3.63, 3.8) is 0 Å². The van der Waals surface area contributed by atoms with E-state index in [4.69, 9.17) is 0 Å². The Hall–Kier alpha value is -3.52. The lowest BCUT2D eigenvalue weighted by Gasteiger charge is -2.14. The Balaban J connectivity index is 1.44. The van der Waals surface area contributed by atoms with Gasteiger partial charge >= 0.3 is 0 Å². The van der Waals surface area contributed by atoms with Crippen LogP contribution in [-0.4, -0.2) is 36.7 Å². The summed E-state index contributed by atoms with van der Waals surface area (Å²) < 4.78 is 28.1. The largest absolute Gasteiger partial charge is 0.280 e. The van der Waals surface area contributed by atoms with Crippen molar-refractivity contribution in [2.24, 2.45) is 0 Å². The van der Waals surface area contributed by atoms with E-state index < -0.39 is 15.9 Å². The van der Waals surface area contributed by atoms with E-state index in [0.717, 1.165) is 11.1 Å². The van der Waals surface area contributed by atoms with Crippen molar-refractivity contribution in [3.8, 4) is 0 Å². The van der Waals surface area contributed by atoms with Gasteiger partial charge in [0.2, 0.25) is 0 Å². The zero-order valence-electron chi connectivity index (χ0n) is 16.9. The van der Waals surface area contributed by atoms with Crippen molar-refractivity contribution in [2.75, 3.05) is 11.3 Å². The zero-order chi connectivity index (χ0) is 22.0. The Labute approximate surface area is 180 Å². The maximum absolute atomic E-state index is 12.7. The van der Waals surface area contributed by atoms with Gasteiger partial charge in [0.1, 0.15) is 5.69 Å². The summed E-state index contributed by atoms with van der Waals surface area (Å²) in [6.07, 6.45) is 2.61. The van der Waals surface area contributed by atoms with Crippen LogP contribution >= 0.6 is 0 Å². The minimum Gasteiger partial charge on any atom is -0.279 e. The van der Waals surface area contributed by atoms with E-state index in [1.165, 1.54) is 23.2 Å². The molecule has 1 N–H and O–H groups in total. The van der Waals surface area contributed by atoms with Gasteiger partial charge in [-0.25, -0.2) is 8.42 Å². The SMILES string of the molecule is CCc1ccccc1NS(=O)(=O)c1ccc(CCN2C(=O)c3cccnc3C2=O)cc1. The fourth-order valence-corrected chi connectivity index (χ4v) is 4.63. The van der Waals surface area contributed by atoms with E-state index in [0.29, 0.717) is 24.1 Å². The van der Waals surface area contributed by atoms with Crippen LogP contribution in [0.2, 0.25) is 0 Å². The van der Waals surface area contributed by atoms with Crippen LogP contribution in [0.4, 0.5) is 5.69 Å². The summed E-state index contributed by atoms with van der Waals surface area (Å²) in [5, 5.41) is 0. The third-order valence-electron chi connectivity index (χ3n) is 5.23. The van der Waals surface area contributed by atoms with Crippen LogP contribution in [0, 0.1) is 0 Å². The van der Waals surface area contributed by atoms with Gasteiger partial charge < -0.3 is 0 Å². The molecule has 2 amide bonds. The van der Waals surface area contributed by atoms with Crippen molar-refractivity contribution in [1.29, 1.82) is 0 Å². The van der Waals surface area contributed by atoms with Gasteiger partial charge in [0.25, 0.3) is 21.8 Å². The van der Waals surface area contributed by atoms with Gasteiger partial charge in [0, 0.05) is 12.7 Å². The minimum atomic E-state index is -3.72. The quantitative estimate of drug-likeness (QED) is 0.575. The molecule has 1 aliphatic rings. The Morgan fingerprint density at radius 3 is 2.39 bits per heavy atom. The number of sulfonamides is 1. The smallest absolute Gasteiger partial charge is 0.279 e. The molecule has 1 aliphatic heterocycles. The average Bonchev–Trinajstić information content (AvgIpc) is 3.03. The third-order valence-corrected chi connectivity index (χ3v) is 6.61. The number of aromatic nitrogens is 1. The molecule has 7 nitrogen and oxygen atoms in total. The van der Waals surface area contributed by atoms with Crippen LogP contribution in [0.15, 0.2) is 71.8 Å². The van der Waals surface area contributed by atoms with E-state index in [2.05, 4.69) is 9.71 Å². The molecule has 2 heterocycles. The molecule has 31 heavy (non-hydrogen) atoms. The molecule has 0 spiro atoms. The molecule has 0 bridgehead atoms. The molecule has 1 aromatic heterocycles. The maximum atomic E-state index is 12.7. The van der Waals surface area contributed by atoms with Gasteiger partial charge in [0.15, 0.2) is 0 Å². The maximum Gasteiger partial charge on any atom is 0.280 e. The van der Waals surface area contributed by atoms with E-state index in [1.807, 2.05) is 19.1 Å². The minimum absolute atomic E-state index is 0.145. The standard InChI is InChI=1S/C23H21N3O4S/c1-2-17-6-3-4-8-20(17)25-31(29,30)18-11-9-16(10-12-18)13-15-26-22(27)19-7-5-14-24-21(19)23(26)28/h3-12,14,25H,2,13,15H2,1H3. The lowest BCUT2D eigenvalue weighted by molar-refractivity contribution is 0.0654. The predicted octanol–water partition coefficient (Wildman–Crippen LogP) is 3.28. The van der Waals surface area contributed by atoms with Crippen LogP contribution in [0.3, 0.4) is 0 Å². The van der Waals surface area contributed by atoms with E-state index >= 15 is 0 Å². The predicted molar refractivity (Wildman–Crippen MR) is 116 cm³/mol. The van der Waals surface area contributed by atoms with Crippen molar-refractivity contribution < 1.29 is 18.0 Å². The highest BCUT2D eigenvalue weighted by atomic mass is 32.2. The molecule has 0 atom stereocenters. The van der Waals surface area contributed by atoms with Gasteiger partial charge in [-0.1, -0.05) is 37.3 Å². The molecule has 0 saturated heterocycles. The number of rotatable bonds is 7. The van der Waals surface area contributed by atoms with Gasteiger partial charge in [0.05, 0.1) is 16.1 Å². The summed E-state index contributed by atoms with van der Waals surface area (Å²) in [6.45, 7) is 2.16. The number of hydrogen-bond acceptors (Lipinski definition) is 5. The number of carbonyl (C=O) groups is 2. The Kier molecular flexibility index (Phi) is 5.56. The highest BCUT2D eigenvalue weighted by molar-refractivity contribution is 7.92. The molecule has 0 radical (unpaired) electrons. The van der Waals surface area contributed by atoms with E-state index in [-0.39, 0.29) is 23.0 Å². The van der Waals surface area contributed by atoms with Gasteiger partial charge in [-0.2, -0.15) is 0 Å². The summed E-state index contributed by atoms with van der Waals surface area (Å²) in [7, 11) is -3.72. The van der Waals surface area contributed by atoms with E-state index in [1.54, 1.807) is 36.4 Å². The first-order chi connectivity index (χ1) is 14.9. The van der Waals surface area contributed by atoms with Crippen molar-refractivity contribution in [2.45, 2.75) is 24.7 Å². The first-order valence-electron chi connectivity index (χ1n) is 9.91. The monoisotopic (exact) mass is 435 g/mol. The first-order valence-corrected chi connectivity index (χ1v) is 11.4. The lowest BCUT2D eigenvalue weighted by atomic mass is 10.1. The summed E-state index contributed by atoms with van der Waals surface area (Å²) in [5.74, 6) is -0.760. The number of hydrogen-bond donors (Lipinski definition) is 1. The number of nitrogens with one attached hydrogen (secondary N) is 1. The molecule has 0 fully saturated rings. The second-order valence-corrected chi connectivity index (χ2v) is 8.85.